The zero-order valence-electron chi connectivity index (χ0n) is 6.97. The van der Waals surface area contributed by atoms with Crippen LogP contribution in [0.3, 0.4) is 0 Å². The molecule has 2 aliphatic carbocycles. The molecule has 12 heavy (non-hydrogen) atoms. The topological polar surface area (TPSA) is 21.6 Å². The Kier molecular flexibility index (Phi) is 1.08. The van der Waals surface area contributed by atoms with Crippen molar-refractivity contribution in [2.24, 2.45) is 22.7 Å². The number of rotatable bonds is 0. The van der Waals surface area contributed by atoms with Gasteiger partial charge >= 0.3 is 0 Å². The number of nitrogens with zero attached hydrogens (tertiary/aromatic N) is 1. The second-order valence-corrected chi connectivity index (χ2v) is 3.61. The van der Waals surface area contributed by atoms with Gasteiger partial charge in [-0.05, 0) is 0 Å². The van der Waals surface area contributed by atoms with E-state index in [0.717, 1.165) is 5.90 Å². The molecule has 2 aliphatic heterocycles. The average molecular weight is 161 g/mol. The molecule has 4 rings (SSSR count). The zero-order valence-corrected chi connectivity index (χ0v) is 6.97. The van der Waals surface area contributed by atoms with Crippen LogP contribution in [0.25, 0.3) is 0 Å². The van der Waals surface area contributed by atoms with Crippen molar-refractivity contribution in [1.29, 1.82) is 0 Å². The number of hydrogen-bond donors (Lipinski definition) is 0. The highest BCUT2D eigenvalue weighted by atomic mass is 16.5. The van der Waals surface area contributed by atoms with Crippen molar-refractivity contribution in [3.8, 4) is 0 Å². The number of allylic oxidation sites excluding steroid dienone is 1. The summed E-state index contributed by atoms with van der Waals surface area (Å²) in [5, 5.41) is 0. The number of methoxy groups -OCH3 is 1. The van der Waals surface area contributed by atoms with E-state index in [1.54, 1.807) is 7.11 Å². The van der Waals surface area contributed by atoms with Gasteiger partial charge in [-0.25, -0.2) is 4.99 Å². The van der Waals surface area contributed by atoms with Crippen LogP contribution in [-0.2, 0) is 4.74 Å². The Hall–Kier alpha value is -1.05. The summed E-state index contributed by atoms with van der Waals surface area (Å²) in [4.78, 5) is 4.51. The van der Waals surface area contributed by atoms with E-state index < -0.39 is 0 Å². The fraction of sp³-hybridized carbons (Fsp3) is 0.500. The molecule has 4 atom stereocenters. The van der Waals surface area contributed by atoms with Crippen molar-refractivity contribution in [1.82, 2.24) is 0 Å². The summed E-state index contributed by atoms with van der Waals surface area (Å²) in [6.45, 7) is 0. The maximum Gasteiger partial charge on any atom is 0.191 e. The van der Waals surface area contributed by atoms with E-state index in [1.807, 2.05) is 0 Å². The fourth-order valence-electron chi connectivity index (χ4n) is 2.36. The van der Waals surface area contributed by atoms with Gasteiger partial charge in [0.15, 0.2) is 5.90 Å². The Morgan fingerprint density at radius 1 is 1.17 bits per heavy atom. The summed E-state index contributed by atoms with van der Waals surface area (Å²) in [5.74, 6) is 2.69. The van der Waals surface area contributed by atoms with E-state index in [1.165, 1.54) is 0 Å². The third-order valence-electron chi connectivity index (χ3n) is 3.10. The van der Waals surface area contributed by atoms with Crippen LogP contribution in [0.5, 0.6) is 0 Å². The molecule has 2 heteroatoms. The van der Waals surface area contributed by atoms with Gasteiger partial charge in [-0.3, -0.25) is 0 Å². The molecule has 0 spiro atoms. The molecule has 0 aromatic rings. The molecule has 0 unspecified atom stereocenters. The second-order valence-electron chi connectivity index (χ2n) is 3.61. The fourth-order valence-corrected chi connectivity index (χ4v) is 2.36. The Balaban J connectivity index is 2.03. The molecule has 2 bridgehead atoms. The quantitative estimate of drug-likeness (QED) is 0.492. The van der Waals surface area contributed by atoms with Gasteiger partial charge in [0.2, 0.25) is 0 Å². The maximum atomic E-state index is 5.24. The van der Waals surface area contributed by atoms with E-state index in [-0.39, 0.29) is 0 Å². The van der Waals surface area contributed by atoms with Gasteiger partial charge in [0.05, 0.1) is 19.1 Å². The van der Waals surface area contributed by atoms with E-state index in [9.17, 15) is 0 Å². The molecule has 4 aliphatic rings. The Labute approximate surface area is 71.6 Å². The highest BCUT2D eigenvalue weighted by Crippen LogP contribution is 2.44. The summed E-state index contributed by atoms with van der Waals surface area (Å²) in [5.41, 5.74) is 0. The van der Waals surface area contributed by atoms with Crippen molar-refractivity contribution < 1.29 is 4.74 Å². The van der Waals surface area contributed by atoms with Gasteiger partial charge in [0, 0.05) is 11.8 Å². The van der Waals surface area contributed by atoms with Crippen LogP contribution in [-0.4, -0.2) is 19.0 Å². The largest absolute Gasteiger partial charge is 0.484 e. The van der Waals surface area contributed by atoms with Crippen molar-refractivity contribution >= 4 is 5.90 Å². The van der Waals surface area contributed by atoms with Crippen LogP contribution in [0.4, 0.5) is 0 Å². The van der Waals surface area contributed by atoms with Gasteiger partial charge in [0.1, 0.15) is 0 Å². The molecule has 2 heterocycles. The van der Waals surface area contributed by atoms with Crippen molar-refractivity contribution in [2.45, 2.75) is 6.04 Å². The van der Waals surface area contributed by atoms with Crippen LogP contribution in [0.1, 0.15) is 0 Å². The number of dihydropyridines is 1. The molecule has 0 saturated heterocycles. The average Bonchev–Trinajstić information content (AvgIpc) is 2.04. The van der Waals surface area contributed by atoms with Crippen LogP contribution in [0.2, 0.25) is 0 Å². The number of ether oxygens (including phenoxy) is 1. The first-order valence-electron chi connectivity index (χ1n) is 4.38. The zero-order chi connectivity index (χ0) is 8.13. The SMILES string of the molecule is COC1=N[C@@H]2C=C[C@H]1[C@H]1C=C[C@H]12. The summed E-state index contributed by atoms with van der Waals surface area (Å²) >= 11 is 0. The first-order valence-corrected chi connectivity index (χ1v) is 4.38. The highest BCUT2D eigenvalue weighted by Gasteiger charge is 2.44. The van der Waals surface area contributed by atoms with Gasteiger partial charge in [-0.2, -0.15) is 0 Å². The lowest BCUT2D eigenvalue weighted by atomic mass is 9.65. The highest BCUT2D eigenvalue weighted by molar-refractivity contribution is 5.84. The van der Waals surface area contributed by atoms with Gasteiger partial charge < -0.3 is 4.74 Å². The van der Waals surface area contributed by atoms with Crippen LogP contribution < -0.4 is 0 Å². The van der Waals surface area contributed by atoms with E-state index >= 15 is 0 Å². The van der Waals surface area contributed by atoms with Crippen molar-refractivity contribution in [3.63, 3.8) is 0 Å². The monoisotopic (exact) mass is 161 g/mol. The predicted molar refractivity (Wildman–Crippen MR) is 47.0 cm³/mol. The summed E-state index contributed by atoms with van der Waals surface area (Å²) in [7, 11) is 1.71. The first-order chi connectivity index (χ1) is 5.90. The molecule has 0 aromatic carbocycles. The van der Waals surface area contributed by atoms with Crippen LogP contribution in [0.15, 0.2) is 29.3 Å². The van der Waals surface area contributed by atoms with E-state index in [4.69, 9.17) is 4.74 Å². The lowest BCUT2D eigenvalue weighted by Gasteiger charge is -2.44. The minimum absolute atomic E-state index is 0.361. The Morgan fingerprint density at radius 2 is 2.00 bits per heavy atom. The van der Waals surface area contributed by atoms with E-state index in [2.05, 4.69) is 29.3 Å². The second kappa shape index (κ2) is 2.00. The summed E-state index contributed by atoms with van der Waals surface area (Å²) < 4.78 is 5.24. The Bertz CT molecular complexity index is 303. The number of hydrogen-bond acceptors (Lipinski definition) is 2. The van der Waals surface area contributed by atoms with Crippen molar-refractivity contribution in [2.75, 3.05) is 7.11 Å². The predicted octanol–water partition coefficient (Wildman–Crippen LogP) is 1.40. The van der Waals surface area contributed by atoms with E-state index in [0.29, 0.717) is 23.8 Å². The normalized spacial score (nSPS) is 46.6. The molecule has 0 fully saturated rings. The molecule has 2 nitrogen and oxygen atoms in total. The third kappa shape index (κ3) is 0.591. The molecule has 0 N–H and O–H groups in total. The van der Waals surface area contributed by atoms with Gasteiger partial charge in [0.25, 0.3) is 0 Å². The molecular weight excluding hydrogens is 150 g/mol. The lowest BCUT2D eigenvalue weighted by Crippen LogP contribution is -2.45. The molecule has 62 valence electrons. The van der Waals surface area contributed by atoms with Crippen LogP contribution >= 0.6 is 0 Å². The first kappa shape index (κ1) is 6.46. The molecule has 0 amide bonds. The number of aliphatic imine (C=N–C) groups is 1. The smallest absolute Gasteiger partial charge is 0.191 e. The van der Waals surface area contributed by atoms with Crippen LogP contribution in [0, 0.1) is 17.8 Å². The summed E-state index contributed by atoms with van der Waals surface area (Å²) in [6.07, 6.45) is 8.99. The van der Waals surface area contributed by atoms with Gasteiger partial charge in [-0.15, -0.1) is 0 Å². The lowest BCUT2D eigenvalue weighted by molar-refractivity contribution is 0.261. The van der Waals surface area contributed by atoms with Gasteiger partial charge in [-0.1, -0.05) is 24.3 Å². The minimum Gasteiger partial charge on any atom is -0.484 e. The molecule has 0 radical (unpaired) electrons. The third-order valence-corrected chi connectivity index (χ3v) is 3.10. The standard InChI is InChI=1S/C10H11NO/c1-12-10-8-4-5-9(11-10)7-3-2-6(7)8/h2-9H,1H3/t6-,7+,8-,9+/m0/s1. The summed E-state index contributed by atoms with van der Waals surface area (Å²) in [6, 6.07) is 0.361. The maximum absolute atomic E-state index is 5.24. The molecule has 0 saturated carbocycles. The molecular formula is C10H11NO. The minimum atomic E-state index is 0.361. The Morgan fingerprint density at radius 3 is 2.58 bits per heavy atom. The van der Waals surface area contributed by atoms with Crippen molar-refractivity contribution in [3.05, 3.63) is 24.3 Å². The molecule has 0 aromatic heterocycles.